The summed E-state index contributed by atoms with van der Waals surface area (Å²) in [6.45, 7) is 3.51. The van der Waals surface area contributed by atoms with Crippen LogP contribution in [0.5, 0.6) is 0 Å². The lowest BCUT2D eigenvalue weighted by molar-refractivity contribution is 0.572. The maximum Gasteiger partial charge on any atom is 0.214 e. The van der Waals surface area contributed by atoms with Gasteiger partial charge in [0.05, 0.1) is 5.25 Å². The van der Waals surface area contributed by atoms with Gasteiger partial charge in [-0.15, -0.1) is 0 Å². The molecule has 0 aromatic heterocycles. The summed E-state index contributed by atoms with van der Waals surface area (Å²) >= 11 is 5.68. The molecule has 83 valence electrons. The van der Waals surface area contributed by atoms with Crippen LogP contribution in [-0.2, 0) is 16.6 Å². The van der Waals surface area contributed by atoms with E-state index in [1.165, 1.54) is 0 Å². The van der Waals surface area contributed by atoms with Gasteiger partial charge in [-0.25, -0.2) is 13.1 Å². The summed E-state index contributed by atoms with van der Waals surface area (Å²) in [6.07, 6.45) is 0. The van der Waals surface area contributed by atoms with Crippen LogP contribution in [0.3, 0.4) is 0 Å². The van der Waals surface area contributed by atoms with Crippen LogP contribution < -0.4 is 4.72 Å². The highest BCUT2D eigenvalue weighted by molar-refractivity contribution is 7.90. The molecule has 0 heterocycles. The molecule has 0 atom stereocenters. The van der Waals surface area contributed by atoms with Crippen molar-refractivity contribution in [2.24, 2.45) is 0 Å². The van der Waals surface area contributed by atoms with Crippen LogP contribution in [0, 0.1) is 6.07 Å². The molecule has 0 aliphatic carbocycles. The lowest BCUT2D eigenvalue weighted by Crippen LogP contribution is -2.30. The second-order valence-electron chi connectivity index (χ2n) is 3.45. The Morgan fingerprint density at radius 2 is 2.13 bits per heavy atom. The van der Waals surface area contributed by atoms with Crippen LogP contribution in [0.2, 0.25) is 5.02 Å². The Kier molecular flexibility index (Phi) is 4.13. The smallest absolute Gasteiger partial charge is 0.212 e. The van der Waals surface area contributed by atoms with Crippen LogP contribution in [0.4, 0.5) is 0 Å². The largest absolute Gasteiger partial charge is 0.214 e. The Labute approximate surface area is 95.5 Å². The van der Waals surface area contributed by atoms with Gasteiger partial charge in [0.2, 0.25) is 10.0 Å². The van der Waals surface area contributed by atoms with Crippen molar-refractivity contribution in [1.29, 1.82) is 0 Å². The van der Waals surface area contributed by atoms with Crippen LogP contribution in [0.25, 0.3) is 0 Å². The molecule has 15 heavy (non-hydrogen) atoms. The average molecular weight is 247 g/mol. The van der Waals surface area contributed by atoms with Gasteiger partial charge in [-0.1, -0.05) is 17.7 Å². The first-order valence-corrected chi connectivity index (χ1v) is 6.49. The number of nitrogens with one attached hydrogen (secondary N) is 1. The summed E-state index contributed by atoms with van der Waals surface area (Å²) in [7, 11) is -3.21. The molecule has 1 aromatic rings. The second kappa shape index (κ2) is 4.96. The van der Waals surface area contributed by atoms with Gasteiger partial charge in [-0.05, 0) is 37.6 Å². The standard InChI is InChI=1S/C10H13ClNO2S/c1-8(2)15(13,14)12-7-9-3-5-10(11)6-4-9/h3,5-6,8,12H,7H2,1-2H3. The van der Waals surface area contributed by atoms with E-state index in [0.717, 1.165) is 5.56 Å². The highest BCUT2D eigenvalue weighted by Gasteiger charge is 2.14. The molecule has 0 saturated carbocycles. The monoisotopic (exact) mass is 246 g/mol. The van der Waals surface area contributed by atoms with E-state index in [1.54, 1.807) is 32.0 Å². The van der Waals surface area contributed by atoms with Gasteiger partial charge in [0.15, 0.2) is 0 Å². The number of hydrogen-bond donors (Lipinski definition) is 1. The Hall–Kier alpha value is -0.580. The highest BCUT2D eigenvalue weighted by atomic mass is 35.5. The zero-order valence-corrected chi connectivity index (χ0v) is 10.2. The maximum atomic E-state index is 11.4. The summed E-state index contributed by atoms with van der Waals surface area (Å²) in [5.74, 6) is 0. The lowest BCUT2D eigenvalue weighted by Gasteiger charge is -2.09. The molecule has 0 spiro atoms. The zero-order valence-electron chi connectivity index (χ0n) is 8.62. The van der Waals surface area contributed by atoms with Gasteiger partial charge in [-0.3, -0.25) is 0 Å². The number of sulfonamides is 1. The van der Waals surface area contributed by atoms with E-state index in [9.17, 15) is 8.42 Å². The molecule has 3 nitrogen and oxygen atoms in total. The molecule has 0 saturated heterocycles. The van der Waals surface area contributed by atoms with E-state index in [2.05, 4.69) is 10.8 Å². The normalized spacial score (nSPS) is 12.0. The van der Waals surface area contributed by atoms with E-state index in [1.807, 2.05) is 0 Å². The van der Waals surface area contributed by atoms with Gasteiger partial charge in [0.25, 0.3) is 0 Å². The van der Waals surface area contributed by atoms with Crippen molar-refractivity contribution in [3.8, 4) is 0 Å². The minimum atomic E-state index is -3.21. The summed E-state index contributed by atoms with van der Waals surface area (Å²) in [6, 6.07) is 7.95. The van der Waals surface area contributed by atoms with E-state index in [-0.39, 0.29) is 6.54 Å². The van der Waals surface area contributed by atoms with Crippen molar-refractivity contribution in [1.82, 2.24) is 4.72 Å². The molecule has 1 rings (SSSR count). The molecule has 1 N–H and O–H groups in total. The van der Waals surface area contributed by atoms with Crippen LogP contribution in [0.15, 0.2) is 18.2 Å². The fourth-order valence-corrected chi connectivity index (χ4v) is 1.70. The number of rotatable bonds is 4. The first-order chi connectivity index (χ1) is 6.92. The van der Waals surface area contributed by atoms with Gasteiger partial charge in [-0.2, -0.15) is 0 Å². The molecule has 0 unspecified atom stereocenters. The van der Waals surface area contributed by atoms with Crippen LogP contribution in [0.1, 0.15) is 19.4 Å². The van der Waals surface area contributed by atoms with Crippen molar-refractivity contribution in [2.45, 2.75) is 25.6 Å². The Morgan fingerprint density at radius 1 is 1.47 bits per heavy atom. The molecule has 0 aliphatic heterocycles. The van der Waals surface area contributed by atoms with Gasteiger partial charge in [0, 0.05) is 11.6 Å². The van der Waals surface area contributed by atoms with Gasteiger partial charge >= 0.3 is 0 Å². The van der Waals surface area contributed by atoms with E-state index >= 15 is 0 Å². The molecule has 0 bridgehead atoms. The van der Waals surface area contributed by atoms with Gasteiger partial charge < -0.3 is 0 Å². The third kappa shape index (κ3) is 3.81. The van der Waals surface area contributed by atoms with Crippen molar-refractivity contribution in [3.05, 3.63) is 34.9 Å². The number of hydrogen-bond acceptors (Lipinski definition) is 2. The molecular formula is C10H13ClNO2S. The second-order valence-corrected chi connectivity index (χ2v) is 6.20. The van der Waals surface area contributed by atoms with Crippen molar-refractivity contribution in [3.63, 3.8) is 0 Å². The average Bonchev–Trinajstić information content (AvgIpc) is 2.17. The van der Waals surface area contributed by atoms with Crippen LogP contribution >= 0.6 is 11.6 Å². The molecule has 1 radical (unpaired) electrons. The Morgan fingerprint density at radius 3 is 2.60 bits per heavy atom. The van der Waals surface area contributed by atoms with Gasteiger partial charge in [0.1, 0.15) is 0 Å². The van der Waals surface area contributed by atoms with E-state index < -0.39 is 15.3 Å². The lowest BCUT2D eigenvalue weighted by atomic mass is 10.2. The molecule has 0 aliphatic rings. The van der Waals surface area contributed by atoms with E-state index in [4.69, 9.17) is 11.6 Å². The first-order valence-electron chi connectivity index (χ1n) is 4.56. The molecular weight excluding hydrogens is 234 g/mol. The number of benzene rings is 1. The molecule has 1 aromatic carbocycles. The van der Waals surface area contributed by atoms with Crippen molar-refractivity contribution >= 4 is 21.6 Å². The third-order valence-electron chi connectivity index (χ3n) is 1.92. The molecule has 0 fully saturated rings. The first kappa shape index (κ1) is 12.5. The summed E-state index contributed by atoms with van der Waals surface area (Å²) in [5, 5.41) is 0.162. The maximum absolute atomic E-state index is 11.4. The molecule has 5 heteroatoms. The summed E-state index contributed by atoms with van der Waals surface area (Å²) < 4.78 is 25.3. The third-order valence-corrected chi connectivity index (χ3v) is 3.95. The SMILES string of the molecule is CC(C)S(=O)(=O)NCc1[c]cc(Cl)cc1. The van der Waals surface area contributed by atoms with Crippen LogP contribution in [-0.4, -0.2) is 13.7 Å². The fraction of sp³-hybridized carbons (Fsp3) is 0.400. The topological polar surface area (TPSA) is 46.2 Å². The fourth-order valence-electron chi connectivity index (χ4n) is 0.893. The van der Waals surface area contributed by atoms with Crippen molar-refractivity contribution < 1.29 is 8.42 Å². The minimum absolute atomic E-state index is 0.248. The summed E-state index contributed by atoms with van der Waals surface area (Å²) in [4.78, 5) is 0. The zero-order chi connectivity index (χ0) is 11.5. The minimum Gasteiger partial charge on any atom is -0.212 e. The van der Waals surface area contributed by atoms with Crippen molar-refractivity contribution in [2.75, 3.05) is 0 Å². The highest BCUT2D eigenvalue weighted by Crippen LogP contribution is 2.09. The van der Waals surface area contributed by atoms with E-state index in [0.29, 0.717) is 5.02 Å². The summed E-state index contributed by atoms with van der Waals surface area (Å²) in [5.41, 5.74) is 0.767. The number of halogens is 1. The Balaban J connectivity index is 2.62. The predicted octanol–water partition coefficient (Wildman–Crippen LogP) is 1.97. The molecule has 0 amide bonds. The Bertz CT molecular complexity index is 412. The quantitative estimate of drug-likeness (QED) is 0.883. The predicted molar refractivity (Wildman–Crippen MR) is 61.2 cm³/mol.